The first-order valence-electron chi connectivity index (χ1n) is 8.90. The highest BCUT2D eigenvalue weighted by atomic mass is 16.5. The maximum Gasteiger partial charge on any atom is 0.195 e. The highest BCUT2D eigenvalue weighted by molar-refractivity contribution is 5.93. The average Bonchev–Trinajstić information content (AvgIpc) is 3.41. The summed E-state index contributed by atoms with van der Waals surface area (Å²) in [5, 5.41) is 6.76. The molecule has 0 amide bonds. The summed E-state index contributed by atoms with van der Waals surface area (Å²) in [6, 6.07) is 7.92. The van der Waals surface area contributed by atoms with Gasteiger partial charge in [-0.2, -0.15) is 0 Å². The van der Waals surface area contributed by atoms with Crippen molar-refractivity contribution in [3.05, 3.63) is 24.3 Å². The van der Waals surface area contributed by atoms with E-state index in [1.807, 2.05) is 24.3 Å². The van der Waals surface area contributed by atoms with Gasteiger partial charge >= 0.3 is 0 Å². The van der Waals surface area contributed by atoms with Crippen LogP contribution in [0.1, 0.15) is 25.7 Å². The van der Waals surface area contributed by atoms with E-state index in [1.165, 1.54) is 12.8 Å². The van der Waals surface area contributed by atoms with Crippen LogP contribution >= 0.6 is 0 Å². The number of benzene rings is 1. The lowest BCUT2D eigenvalue weighted by Gasteiger charge is -2.18. The zero-order valence-electron chi connectivity index (χ0n) is 15.6. The lowest BCUT2D eigenvalue weighted by atomic mass is 10.0. The molecule has 0 saturated heterocycles. The third-order valence-corrected chi connectivity index (χ3v) is 4.51. The van der Waals surface area contributed by atoms with Crippen LogP contribution in [0, 0.1) is 5.41 Å². The molecule has 1 aliphatic carbocycles. The van der Waals surface area contributed by atoms with Crippen molar-refractivity contribution < 1.29 is 14.2 Å². The number of aliphatic imine (C=N–C) groups is 1. The second kappa shape index (κ2) is 10.3. The molecule has 25 heavy (non-hydrogen) atoms. The Kier molecular flexibility index (Phi) is 8.01. The molecule has 0 bridgehead atoms. The minimum atomic E-state index is 0.375. The second-order valence-corrected chi connectivity index (χ2v) is 6.52. The third-order valence-electron chi connectivity index (χ3n) is 4.51. The molecule has 1 aromatic carbocycles. The maximum absolute atomic E-state index is 5.74. The monoisotopic (exact) mass is 349 g/mol. The number of nitrogens with zero attached hydrogens (tertiary/aromatic N) is 1. The Labute approximate surface area is 151 Å². The molecule has 0 spiro atoms. The summed E-state index contributed by atoms with van der Waals surface area (Å²) in [5.74, 6) is 1.62. The van der Waals surface area contributed by atoms with Crippen LogP contribution in [0.15, 0.2) is 29.3 Å². The highest BCUT2D eigenvalue weighted by Gasteiger charge is 2.41. The van der Waals surface area contributed by atoms with Gasteiger partial charge in [0.2, 0.25) is 0 Å². The van der Waals surface area contributed by atoms with Gasteiger partial charge in [-0.25, -0.2) is 0 Å². The first-order valence-corrected chi connectivity index (χ1v) is 8.90. The van der Waals surface area contributed by atoms with E-state index < -0.39 is 0 Å². The number of guanidine groups is 1. The largest absolute Gasteiger partial charge is 0.493 e. The van der Waals surface area contributed by atoms with E-state index in [0.717, 1.165) is 43.4 Å². The van der Waals surface area contributed by atoms with E-state index >= 15 is 0 Å². The molecule has 140 valence electrons. The smallest absolute Gasteiger partial charge is 0.195 e. The van der Waals surface area contributed by atoms with Crippen LogP contribution in [0.2, 0.25) is 0 Å². The number of anilines is 1. The highest BCUT2D eigenvalue weighted by Crippen LogP contribution is 2.48. The number of ether oxygens (including phenoxy) is 3. The molecule has 0 heterocycles. The van der Waals surface area contributed by atoms with Crippen LogP contribution in [0.25, 0.3) is 0 Å². The van der Waals surface area contributed by atoms with Crippen molar-refractivity contribution in [2.75, 3.05) is 52.9 Å². The zero-order valence-corrected chi connectivity index (χ0v) is 15.6. The number of hydrogen-bond donors (Lipinski definition) is 2. The summed E-state index contributed by atoms with van der Waals surface area (Å²) in [6.45, 7) is 3.09. The molecule has 1 aromatic rings. The molecule has 0 aromatic heterocycles. The molecule has 0 aliphatic heterocycles. The van der Waals surface area contributed by atoms with E-state index in [9.17, 15) is 0 Å². The molecule has 0 atom stereocenters. The van der Waals surface area contributed by atoms with Gasteiger partial charge in [-0.15, -0.1) is 0 Å². The molecule has 6 nitrogen and oxygen atoms in total. The Morgan fingerprint density at radius 3 is 2.64 bits per heavy atom. The third kappa shape index (κ3) is 6.92. The second-order valence-electron chi connectivity index (χ2n) is 6.52. The molecule has 1 fully saturated rings. The van der Waals surface area contributed by atoms with E-state index in [-0.39, 0.29) is 0 Å². The standard InChI is InChI=1S/C19H31N3O3/c1-20-18(21-15-19(8-9-19)10-13-24-3)22-16-6-4-7-17(14-16)25-12-5-11-23-2/h4,6-7,14H,5,8-13,15H2,1-3H3,(H2,20,21,22). The maximum atomic E-state index is 5.74. The predicted molar refractivity (Wildman–Crippen MR) is 102 cm³/mol. The first kappa shape index (κ1) is 19.5. The van der Waals surface area contributed by atoms with E-state index in [1.54, 1.807) is 21.3 Å². The Morgan fingerprint density at radius 2 is 1.96 bits per heavy atom. The van der Waals surface area contributed by atoms with Gasteiger partial charge in [0.25, 0.3) is 0 Å². The summed E-state index contributed by atoms with van der Waals surface area (Å²) < 4.78 is 16.0. The van der Waals surface area contributed by atoms with Crippen LogP contribution < -0.4 is 15.4 Å². The van der Waals surface area contributed by atoms with Crippen molar-refractivity contribution in [3.8, 4) is 5.75 Å². The Morgan fingerprint density at radius 1 is 1.16 bits per heavy atom. The van der Waals surface area contributed by atoms with Gasteiger partial charge in [-0.1, -0.05) is 6.07 Å². The lowest BCUT2D eigenvalue weighted by Crippen LogP contribution is -2.35. The van der Waals surface area contributed by atoms with Crippen molar-refractivity contribution in [1.29, 1.82) is 0 Å². The number of hydrogen-bond acceptors (Lipinski definition) is 4. The minimum Gasteiger partial charge on any atom is -0.493 e. The van der Waals surface area contributed by atoms with Gasteiger partial charge in [0.05, 0.1) is 6.61 Å². The lowest BCUT2D eigenvalue weighted by molar-refractivity contribution is 0.172. The molecule has 2 rings (SSSR count). The van der Waals surface area contributed by atoms with Gasteiger partial charge in [0, 0.05) is 59.2 Å². The number of methoxy groups -OCH3 is 2. The molecular weight excluding hydrogens is 318 g/mol. The van der Waals surface area contributed by atoms with E-state index in [0.29, 0.717) is 18.6 Å². The molecule has 0 radical (unpaired) electrons. The van der Waals surface area contributed by atoms with Gasteiger partial charge in [0.1, 0.15) is 5.75 Å². The molecular formula is C19H31N3O3. The van der Waals surface area contributed by atoms with Crippen LogP contribution in [0.5, 0.6) is 5.75 Å². The van der Waals surface area contributed by atoms with Crippen molar-refractivity contribution in [1.82, 2.24) is 5.32 Å². The van der Waals surface area contributed by atoms with Gasteiger partial charge in [-0.3, -0.25) is 4.99 Å². The van der Waals surface area contributed by atoms with Gasteiger partial charge < -0.3 is 24.8 Å². The predicted octanol–water partition coefficient (Wildman–Crippen LogP) is 2.91. The zero-order chi connectivity index (χ0) is 18.0. The first-order chi connectivity index (χ1) is 12.2. The molecule has 2 N–H and O–H groups in total. The molecule has 1 aliphatic rings. The topological polar surface area (TPSA) is 64.1 Å². The Balaban J connectivity index is 1.80. The Hall–Kier alpha value is -1.79. The number of nitrogens with one attached hydrogen (secondary N) is 2. The van der Waals surface area contributed by atoms with Crippen molar-refractivity contribution in [2.45, 2.75) is 25.7 Å². The van der Waals surface area contributed by atoms with Crippen LogP contribution in [0.3, 0.4) is 0 Å². The van der Waals surface area contributed by atoms with E-state index in [4.69, 9.17) is 14.2 Å². The van der Waals surface area contributed by atoms with Crippen LogP contribution in [0.4, 0.5) is 5.69 Å². The Bertz CT molecular complexity index is 544. The SMILES string of the molecule is CN=C(NCC1(CCOC)CC1)Nc1cccc(OCCCOC)c1. The van der Waals surface area contributed by atoms with Gasteiger partial charge in [0.15, 0.2) is 5.96 Å². The summed E-state index contributed by atoms with van der Waals surface area (Å²) >= 11 is 0. The molecule has 6 heteroatoms. The van der Waals surface area contributed by atoms with Crippen molar-refractivity contribution in [2.24, 2.45) is 10.4 Å². The fourth-order valence-electron chi connectivity index (χ4n) is 2.65. The molecule has 1 saturated carbocycles. The molecule has 0 unspecified atom stereocenters. The summed E-state index contributed by atoms with van der Waals surface area (Å²) in [5.41, 5.74) is 1.33. The van der Waals surface area contributed by atoms with Crippen LogP contribution in [-0.2, 0) is 9.47 Å². The van der Waals surface area contributed by atoms with Crippen LogP contribution in [-0.4, -0.2) is 53.6 Å². The number of rotatable bonds is 11. The fraction of sp³-hybridized carbons (Fsp3) is 0.632. The summed E-state index contributed by atoms with van der Waals surface area (Å²) in [4.78, 5) is 4.32. The summed E-state index contributed by atoms with van der Waals surface area (Å²) in [7, 11) is 5.24. The van der Waals surface area contributed by atoms with Gasteiger partial charge in [-0.05, 0) is 36.8 Å². The average molecular weight is 349 g/mol. The van der Waals surface area contributed by atoms with E-state index in [2.05, 4.69) is 15.6 Å². The summed E-state index contributed by atoms with van der Waals surface area (Å²) in [6.07, 6.45) is 4.48. The quantitative estimate of drug-likeness (QED) is 0.365. The van der Waals surface area contributed by atoms with Crippen molar-refractivity contribution in [3.63, 3.8) is 0 Å². The van der Waals surface area contributed by atoms with Crippen molar-refractivity contribution >= 4 is 11.6 Å². The minimum absolute atomic E-state index is 0.375. The normalized spacial score (nSPS) is 15.7. The fourth-order valence-corrected chi connectivity index (χ4v) is 2.65.